The summed E-state index contributed by atoms with van der Waals surface area (Å²) in [5.41, 5.74) is 4.52. The molecule has 3 aromatic carbocycles. The number of carbonyl (C=O) groups excluding carboxylic acids is 1. The van der Waals surface area contributed by atoms with Gasteiger partial charge in [0.2, 0.25) is 10.0 Å². The summed E-state index contributed by atoms with van der Waals surface area (Å²) in [6.07, 6.45) is 0.682. The monoisotopic (exact) mass is 511 g/mol. The number of carbonyl (C=O) groups is 1. The van der Waals surface area contributed by atoms with Crippen molar-refractivity contribution in [2.24, 2.45) is 12.0 Å². The molecular formula is C25H22ClN3O3S2. The second-order valence-electron chi connectivity index (χ2n) is 8.31. The van der Waals surface area contributed by atoms with E-state index < -0.39 is 15.9 Å². The number of benzene rings is 3. The Hall–Kier alpha value is -2.78. The van der Waals surface area contributed by atoms with Crippen molar-refractivity contribution in [2.45, 2.75) is 24.8 Å². The molecule has 4 aromatic rings. The van der Waals surface area contributed by atoms with Crippen LogP contribution >= 0.6 is 22.9 Å². The molecule has 0 atom stereocenters. The fourth-order valence-electron chi connectivity index (χ4n) is 4.32. The van der Waals surface area contributed by atoms with Crippen LogP contribution in [0.25, 0.3) is 10.2 Å². The van der Waals surface area contributed by atoms with Crippen molar-refractivity contribution in [2.75, 3.05) is 6.54 Å². The third kappa shape index (κ3) is 4.11. The molecule has 6 nitrogen and oxygen atoms in total. The lowest BCUT2D eigenvalue weighted by Gasteiger charge is -2.28. The van der Waals surface area contributed by atoms with Crippen molar-refractivity contribution in [1.29, 1.82) is 0 Å². The van der Waals surface area contributed by atoms with Crippen LogP contribution in [0, 0.1) is 6.92 Å². The first-order valence-corrected chi connectivity index (χ1v) is 13.4. The normalized spacial score (nSPS) is 15.0. The topological polar surface area (TPSA) is 71.7 Å². The molecule has 174 valence electrons. The lowest BCUT2D eigenvalue weighted by atomic mass is 10.0. The zero-order chi connectivity index (χ0) is 24.0. The Morgan fingerprint density at radius 3 is 2.50 bits per heavy atom. The molecule has 1 aliphatic rings. The number of hydrogen-bond donors (Lipinski definition) is 0. The molecule has 0 aliphatic carbocycles. The SMILES string of the molecule is Cc1cc(Cl)cc2sc(=NC(=O)c3ccc(S(=O)(=O)N4CCc5ccccc5C4)cc3)n(C)c12. The summed E-state index contributed by atoms with van der Waals surface area (Å²) in [7, 11) is -1.80. The lowest BCUT2D eigenvalue weighted by molar-refractivity contribution is 0.0998. The third-order valence-electron chi connectivity index (χ3n) is 6.09. The largest absolute Gasteiger partial charge is 0.319 e. The van der Waals surface area contributed by atoms with Gasteiger partial charge in [0.05, 0.1) is 15.1 Å². The van der Waals surface area contributed by atoms with E-state index in [0.717, 1.165) is 21.3 Å². The van der Waals surface area contributed by atoms with Crippen LogP contribution in [0.1, 0.15) is 27.0 Å². The van der Waals surface area contributed by atoms with Crippen LogP contribution in [0.3, 0.4) is 0 Å². The van der Waals surface area contributed by atoms with Crippen LogP contribution in [-0.2, 0) is 30.0 Å². The second kappa shape index (κ2) is 8.78. The lowest BCUT2D eigenvalue weighted by Crippen LogP contribution is -2.35. The highest BCUT2D eigenvalue weighted by molar-refractivity contribution is 7.89. The number of halogens is 1. The van der Waals surface area contributed by atoms with Gasteiger partial charge in [-0.3, -0.25) is 4.79 Å². The van der Waals surface area contributed by atoms with E-state index in [2.05, 4.69) is 4.99 Å². The molecule has 0 spiro atoms. The number of rotatable bonds is 3. The van der Waals surface area contributed by atoms with Crippen LogP contribution in [0.15, 0.2) is 70.6 Å². The predicted octanol–water partition coefficient (Wildman–Crippen LogP) is 4.69. The van der Waals surface area contributed by atoms with Crippen molar-refractivity contribution in [3.8, 4) is 0 Å². The molecule has 1 aliphatic heterocycles. The van der Waals surface area contributed by atoms with Gasteiger partial charge in [0.15, 0.2) is 4.80 Å². The average Bonchev–Trinajstić information content (AvgIpc) is 3.13. The first kappa shape index (κ1) is 23.0. The summed E-state index contributed by atoms with van der Waals surface area (Å²) in [5.74, 6) is -0.429. The highest BCUT2D eigenvalue weighted by atomic mass is 35.5. The van der Waals surface area contributed by atoms with Gasteiger partial charge in [-0.1, -0.05) is 47.2 Å². The minimum Gasteiger partial charge on any atom is -0.319 e. The molecular weight excluding hydrogens is 490 g/mol. The molecule has 9 heteroatoms. The third-order valence-corrected chi connectivity index (χ3v) is 9.24. The first-order valence-electron chi connectivity index (χ1n) is 10.8. The van der Waals surface area contributed by atoms with Crippen molar-refractivity contribution in [3.05, 3.63) is 92.7 Å². The number of hydrogen-bond acceptors (Lipinski definition) is 4. The number of aromatic nitrogens is 1. The van der Waals surface area contributed by atoms with E-state index in [-0.39, 0.29) is 4.90 Å². The van der Waals surface area contributed by atoms with E-state index in [4.69, 9.17) is 11.6 Å². The molecule has 1 amide bonds. The maximum Gasteiger partial charge on any atom is 0.279 e. The highest BCUT2D eigenvalue weighted by Gasteiger charge is 2.28. The standard InChI is InChI=1S/C25H22ClN3O3S2/c1-16-13-20(26)14-22-23(16)28(2)25(33-22)27-24(30)18-7-9-21(10-8-18)34(31,32)29-12-11-17-5-3-4-6-19(17)15-29/h3-10,13-14H,11-12,15H2,1-2H3. The molecule has 0 N–H and O–H groups in total. The van der Waals surface area contributed by atoms with Gasteiger partial charge in [0.1, 0.15) is 0 Å². The molecule has 5 rings (SSSR count). The van der Waals surface area contributed by atoms with E-state index >= 15 is 0 Å². The van der Waals surface area contributed by atoms with E-state index in [1.54, 1.807) is 0 Å². The Morgan fingerprint density at radius 2 is 1.76 bits per heavy atom. The summed E-state index contributed by atoms with van der Waals surface area (Å²) in [6.45, 7) is 2.74. The van der Waals surface area contributed by atoms with Gasteiger partial charge in [-0.2, -0.15) is 9.30 Å². The quantitative estimate of drug-likeness (QED) is 0.400. The van der Waals surface area contributed by atoms with Crippen LogP contribution in [0.4, 0.5) is 0 Å². The number of thiazole rings is 1. The van der Waals surface area contributed by atoms with Gasteiger partial charge >= 0.3 is 0 Å². The van der Waals surface area contributed by atoms with Crippen LogP contribution in [0.2, 0.25) is 5.02 Å². The van der Waals surface area contributed by atoms with Gasteiger partial charge in [-0.25, -0.2) is 8.42 Å². The van der Waals surface area contributed by atoms with Gasteiger partial charge in [0.25, 0.3) is 5.91 Å². The zero-order valence-electron chi connectivity index (χ0n) is 18.7. The van der Waals surface area contributed by atoms with Gasteiger partial charge in [-0.05, 0) is 66.4 Å². The van der Waals surface area contributed by atoms with Gasteiger partial charge < -0.3 is 4.57 Å². The minimum absolute atomic E-state index is 0.168. The Morgan fingerprint density at radius 1 is 1.06 bits per heavy atom. The van der Waals surface area contributed by atoms with Gasteiger partial charge in [0, 0.05) is 30.7 Å². The number of nitrogens with zero attached hydrogens (tertiary/aromatic N) is 3. The zero-order valence-corrected chi connectivity index (χ0v) is 21.0. The molecule has 0 bridgehead atoms. The Labute approximate surface area is 206 Å². The van der Waals surface area contributed by atoms with Crippen molar-refractivity contribution >= 4 is 49.1 Å². The van der Waals surface area contributed by atoms with E-state index in [1.165, 1.54) is 45.5 Å². The smallest absolute Gasteiger partial charge is 0.279 e. The van der Waals surface area contributed by atoms with Crippen LogP contribution < -0.4 is 4.80 Å². The van der Waals surface area contributed by atoms with Crippen LogP contribution in [-0.4, -0.2) is 29.7 Å². The van der Waals surface area contributed by atoms with E-state index in [0.29, 0.717) is 34.9 Å². The molecule has 0 saturated carbocycles. The molecule has 34 heavy (non-hydrogen) atoms. The molecule has 0 radical (unpaired) electrons. The first-order chi connectivity index (χ1) is 16.2. The fourth-order valence-corrected chi connectivity index (χ4v) is 7.21. The Kier molecular flexibility index (Phi) is 5.93. The maximum absolute atomic E-state index is 13.2. The Balaban J connectivity index is 1.41. The number of fused-ring (bicyclic) bond motifs is 2. The molecule has 0 fully saturated rings. The van der Waals surface area contributed by atoms with Crippen molar-refractivity contribution in [3.63, 3.8) is 0 Å². The molecule has 0 saturated heterocycles. The van der Waals surface area contributed by atoms with Gasteiger partial charge in [-0.15, -0.1) is 0 Å². The van der Waals surface area contributed by atoms with E-state index in [9.17, 15) is 13.2 Å². The summed E-state index contributed by atoms with van der Waals surface area (Å²) in [4.78, 5) is 17.8. The maximum atomic E-state index is 13.2. The summed E-state index contributed by atoms with van der Waals surface area (Å²) >= 11 is 7.55. The predicted molar refractivity (Wildman–Crippen MR) is 135 cm³/mol. The number of aryl methyl sites for hydroxylation is 2. The molecule has 1 aromatic heterocycles. The second-order valence-corrected chi connectivity index (χ2v) is 11.7. The van der Waals surface area contributed by atoms with Crippen molar-refractivity contribution < 1.29 is 13.2 Å². The van der Waals surface area contributed by atoms with E-state index in [1.807, 2.05) is 54.9 Å². The minimum atomic E-state index is -3.66. The highest BCUT2D eigenvalue weighted by Crippen LogP contribution is 2.26. The fraction of sp³-hybridized carbons (Fsp3) is 0.200. The van der Waals surface area contributed by atoms with Crippen LogP contribution in [0.5, 0.6) is 0 Å². The van der Waals surface area contributed by atoms with Crippen molar-refractivity contribution in [1.82, 2.24) is 8.87 Å². The summed E-state index contributed by atoms with van der Waals surface area (Å²) in [5, 5.41) is 0.638. The average molecular weight is 512 g/mol. The number of amides is 1. The number of sulfonamides is 1. The summed E-state index contributed by atoms with van der Waals surface area (Å²) in [6, 6.07) is 17.6. The molecule has 0 unspecified atom stereocenters. The summed E-state index contributed by atoms with van der Waals surface area (Å²) < 4.78 is 30.7. The molecule has 2 heterocycles. The Bertz CT molecular complexity index is 1600.